The van der Waals surface area contributed by atoms with Crippen LogP contribution >= 0.6 is 0 Å². The molecule has 0 aromatic carbocycles. The van der Waals surface area contributed by atoms with Crippen molar-refractivity contribution >= 4 is 18.7 Å². The molecule has 1 aliphatic rings. The van der Waals surface area contributed by atoms with Crippen LogP contribution in [0.5, 0.6) is 0 Å². The van der Waals surface area contributed by atoms with Crippen LogP contribution in [0, 0.1) is 0 Å². The molecule has 2 rings (SSSR count). The molecule has 0 unspecified atom stereocenters. The van der Waals surface area contributed by atoms with Gasteiger partial charge in [0.1, 0.15) is 0 Å². The molecule has 5 heteroatoms. The lowest BCUT2D eigenvalue weighted by molar-refractivity contribution is 0.00578. The molecule has 0 bridgehead atoms. The molecular formula is C12H17BN2O2. The number of rotatable bonds is 2. The monoisotopic (exact) mass is 232 g/mol. The maximum absolute atomic E-state index is 5.90. The van der Waals surface area contributed by atoms with Gasteiger partial charge in [0.25, 0.3) is 0 Å². The largest absolute Gasteiger partial charge is 0.498 e. The third-order valence-corrected chi connectivity index (χ3v) is 3.40. The van der Waals surface area contributed by atoms with Crippen LogP contribution in [0.15, 0.2) is 19.0 Å². The minimum absolute atomic E-state index is 0.339. The summed E-state index contributed by atoms with van der Waals surface area (Å²) in [6.07, 6.45) is 5.03. The third kappa shape index (κ3) is 2.12. The minimum Gasteiger partial charge on any atom is -0.399 e. The molecule has 4 nitrogen and oxygen atoms in total. The molecular weight excluding hydrogens is 215 g/mol. The van der Waals surface area contributed by atoms with E-state index >= 15 is 0 Å². The minimum atomic E-state index is -0.404. The van der Waals surface area contributed by atoms with E-state index in [1.807, 2.05) is 27.7 Å². The van der Waals surface area contributed by atoms with Crippen LogP contribution in [0.4, 0.5) is 0 Å². The van der Waals surface area contributed by atoms with E-state index in [9.17, 15) is 0 Å². The molecule has 0 N–H and O–H groups in total. The van der Waals surface area contributed by atoms with Gasteiger partial charge in [0.15, 0.2) is 5.82 Å². The van der Waals surface area contributed by atoms with Crippen LogP contribution in [0.25, 0.3) is 6.08 Å². The number of hydrogen-bond donors (Lipinski definition) is 0. The fourth-order valence-electron chi connectivity index (χ4n) is 1.55. The Balaban J connectivity index is 2.22. The SMILES string of the molecule is C=Cc1ncc(B2OC(C)(C)C(C)(C)O2)cn1. The maximum Gasteiger partial charge on any atom is 0.498 e. The van der Waals surface area contributed by atoms with Crippen molar-refractivity contribution in [2.24, 2.45) is 0 Å². The fraction of sp³-hybridized carbons (Fsp3) is 0.500. The molecule has 1 aromatic heterocycles. The molecule has 1 saturated heterocycles. The molecule has 90 valence electrons. The first-order valence-corrected chi connectivity index (χ1v) is 5.66. The van der Waals surface area contributed by atoms with Crippen LogP contribution in [0.1, 0.15) is 33.5 Å². The Morgan fingerprint density at radius 1 is 1.12 bits per heavy atom. The Kier molecular flexibility index (Phi) is 2.83. The van der Waals surface area contributed by atoms with E-state index in [4.69, 9.17) is 9.31 Å². The van der Waals surface area contributed by atoms with Crippen molar-refractivity contribution in [2.45, 2.75) is 38.9 Å². The summed E-state index contributed by atoms with van der Waals surface area (Å²) in [4.78, 5) is 8.30. The summed E-state index contributed by atoms with van der Waals surface area (Å²) < 4.78 is 11.8. The van der Waals surface area contributed by atoms with Crippen molar-refractivity contribution in [1.29, 1.82) is 0 Å². The van der Waals surface area contributed by atoms with Gasteiger partial charge in [-0.25, -0.2) is 9.97 Å². The highest BCUT2D eigenvalue weighted by molar-refractivity contribution is 6.61. The van der Waals surface area contributed by atoms with Gasteiger partial charge in [-0.1, -0.05) is 6.58 Å². The van der Waals surface area contributed by atoms with Crippen LogP contribution in [0.3, 0.4) is 0 Å². The van der Waals surface area contributed by atoms with E-state index in [0.29, 0.717) is 5.82 Å². The number of hydrogen-bond acceptors (Lipinski definition) is 4. The van der Waals surface area contributed by atoms with Crippen LogP contribution < -0.4 is 5.46 Å². The molecule has 0 aliphatic carbocycles. The van der Waals surface area contributed by atoms with Crippen LogP contribution in [-0.4, -0.2) is 28.3 Å². The van der Waals surface area contributed by atoms with E-state index < -0.39 is 7.12 Å². The lowest BCUT2D eigenvalue weighted by Crippen LogP contribution is -2.41. The van der Waals surface area contributed by atoms with Crippen LogP contribution in [-0.2, 0) is 9.31 Å². The summed E-state index contributed by atoms with van der Waals surface area (Å²) in [6, 6.07) is 0. The van der Waals surface area contributed by atoms with Crippen molar-refractivity contribution in [2.75, 3.05) is 0 Å². The molecule has 0 spiro atoms. The average Bonchev–Trinajstić information content (AvgIpc) is 2.48. The Hall–Kier alpha value is -1.20. The summed E-state index contributed by atoms with van der Waals surface area (Å²) in [5, 5.41) is 0. The normalized spacial score (nSPS) is 21.5. The van der Waals surface area contributed by atoms with Gasteiger partial charge in [0, 0.05) is 17.9 Å². The molecule has 0 saturated carbocycles. The van der Waals surface area contributed by atoms with Gasteiger partial charge >= 0.3 is 7.12 Å². The smallest absolute Gasteiger partial charge is 0.399 e. The summed E-state index contributed by atoms with van der Waals surface area (Å²) >= 11 is 0. The van der Waals surface area contributed by atoms with E-state index in [1.54, 1.807) is 18.5 Å². The quantitative estimate of drug-likeness (QED) is 0.723. The fourth-order valence-corrected chi connectivity index (χ4v) is 1.55. The lowest BCUT2D eigenvalue weighted by atomic mass is 9.81. The zero-order valence-electron chi connectivity index (χ0n) is 10.7. The zero-order chi connectivity index (χ0) is 12.7. The van der Waals surface area contributed by atoms with Crippen molar-refractivity contribution in [1.82, 2.24) is 9.97 Å². The van der Waals surface area contributed by atoms with E-state index in [2.05, 4.69) is 16.5 Å². The van der Waals surface area contributed by atoms with E-state index in [1.165, 1.54) is 0 Å². The summed E-state index contributed by atoms with van der Waals surface area (Å²) in [6.45, 7) is 11.7. The highest BCUT2D eigenvalue weighted by Gasteiger charge is 2.51. The molecule has 0 amide bonds. The predicted molar refractivity (Wildman–Crippen MR) is 67.8 cm³/mol. The number of aromatic nitrogens is 2. The standard InChI is InChI=1S/C12H17BN2O2/c1-6-10-14-7-9(8-15-10)13-16-11(2,3)12(4,5)17-13/h6-8H,1H2,2-5H3. The predicted octanol–water partition coefficient (Wildman–Crippen LogP) is 1.42. The Bertz CT molecular complexity index is 413. The van der Waals surface area contributed by atoms with Gasteiger partial charge in [-0.05, 0) is 33.8 Å². The Morgan fingerprint density at radius 2 is 1.59 bits per heavy atom. The van der Waals surface area contributed by atoms with Gasteiger partial charge in [-0.3, -0.25) is 0 Å². The Morgan fingerprint density at radius 3 is 2.00 bits per heavy atom. The van der Waals surface area contributed by atoms with Gasteiger partial charge in [0.05, 0.1) is 11.2 Å². The lowest BCUT2D eigenvalue weighted by Gasteiger charge is -2.32. The van der Waals surface area contributed by atoms with E-state index in [0.717, 1.165) is 5.46 Å². The third-order valence-electron chi connectivity index (χ3n) is 3.40. The zero-order valence-corrected chi connectivity index (χ0v) is 10.7. The maximum atomic E-state index is 5.90. The van der Waals surface area contributed by atoms with Crippen molar-refractivity contribution in [3.63, 3.8) is 0 Å². The highest BCUT2D eigenvalue weighted by Crippen LogP contribution is 2.36. The van der Waals surface area contributed by atoms with Crippen molar-refractivity contribution in [3.8, 4) is 0 Å². The van der Waals surface area contributed by atoms with Gasteiger partial charge in [-0.2, -0.15) is 0 Å². The summed E-state index contributed by atoms with van der Waals surface area (Å²) in [7, 11) is -0.404. The summed E-state index contributed by atoms with van der Waals surface area (Å²) in [5.74, 6) is 0.602. The van der Waals surface area contributed by atoms with Gasteiger partial charge < -0.3 is 9.31 Å². The molecule has 0 atom stereocenters. The molecule has 1 fully saturated rings. The summed E-state index contributed by atoms with van der Waals surface area (Å²) in [5.41, 5.74) is 0.151. The van der Waals surface area contributed by atoms with Gasteiger partial charge in [0.2, 0.25) is 0 Å². The van der Waals surface area contributed by atoms with E-state index in [-0.39, 0.29) is 11.2 Å². The topological polar surface area (TPSA) is 44.2 Å². The molecule has 2 heterocycles. The molecule has 0 radical (unpaired) electrons. The first kappa shape index (κ1) is 12.3. The second-order valence-corrected chi connectivity index (χ2v) is 5.17. The highest BCUT2D eigenvalue weighted by atomic mass is 16.7. The first-order chi connectivity index (χ1) is 7.86. The number of nitrogens with zero attached hydrogens (tertiary/aromatic N) is 2. The van der Waals surface area contributed by atoms with Crippen LogP contribution in [0.2, 0.25) is 0 Å². The second-order valence-electron chi connectivity index (χ2n) is 5.17. The molecule has 17 heavy (non-hydrogen) atoms. The molecule has 1 aliphatic heterocycles. The Labute approximate surface area is 102 Å². The first-order valence-electron chi connectivity index (χ1n) is 5.66. The van der Waals surface area contributed by atoms with Crippen molar-refractivity contribution in [3.05, 3.63) is 24.8 Å². The second kappa shape index (κ2) is 3.93. The van der Waals surface area contributed by atoms with Crippen molar-refractivity contribution < 1.29 is 9.31 Å². The van der Waals surface area contributed by atoms with Gasteiger partial charge in [-0.15, -0.1) is 0 Å². The molecule has 1 aromatic rings. The average molecular weight is 232 g/mol.